The number of hydrogen-bond donors (Lipinski definition) is 1. The predicted molar refractivity (Wildman–Crippen MR) is 49.8 cm³/mol. The zero-order chi connectivity index (χ0) is 14.4. The van der Waals surface area contributed by atoms with Crippen molar-refractivity contribution in [3.8, 4) is 0 Å². The first kappa shape index (κ1) is 13.7. The highest BCUT2D eigenvalue weighted by Crippen LogP contribution is 2.44. The molecule has 0 spiro atoms. The maximum absolute atomic E-state index is 13.2. The van der Waals surface area contributed by atoms with Crippen LogP contribution in [0.1, 0.15) is 22.9 Å². The van der Waals surface area contributed by atoms with Crippen LogP contribution in [-0.2, 0) is 13.0 Å². The number of rotatable bonds is 2. The Hall–Kier alpha value is -1.74. The first-order valence-corrected chi connectivity index (χ1v) is 5.24. The summed E-state index contributed by atoms with van der Waals surface area (Å²) in [5, 5.41) is 15.5. The van der Waals surface area contributed by atoms with Crippen LogP contribution in [0.5, 0.6) is 0 Å². The van der Waals surface area contributed by atoms with Gasteiger partial charge in [0.25, 0.3) is 0 Å². The second-order valence-corrected chi connectivity index (χ2v) is 4.21. The molecule has 0 aromatic carbocycles. The molecule has 2 heterocycles. The summed E-state index contributed by atoms with van der Waals surface area (Å²) in [4.78, 5) is 10.8. The highest BCUT2D eigenvalue weighted by atomic mass is 19.4. The van der Waals surface area contributed by atoms with Gasteiger partial charge in [-0.2, -0.15) is 22.0 Å². The lowest BCUT2D eigenvalue weighted by atomic mass is 9.92. The lowest BCUT2D eigenvalue weighted by molar-refractivity contribution is -0.305. The predicted octanol–water partition coefficient (Wildman–Crippen LogP) is 1.74. The first-order chi connectivity index (χ1) is 8.64. The molecular weight excluding hydrogens is 277 g/mol. The molecule has 0 saturated carbocycles. The number of carboxylic acids is 1. The normalized spacial score (nSPS) is 20.2. The number of aromatic nitrogens is 3. The van der Waals surface area contributed by atoms with E-state index in [9.17, 15) is 26.7 Å². The Bertz CT molecular complexity index is 510. The number of fused-ring (bicyclic) bond motifs is 1. The second-order valence-electron chi connectivity index (χ2n) is 4.21. The molecule has 1 aromatic heterocycles. The third-order valence-corrected chi connectivity index (χ3v) is 3.03. The molecule has 106 valence electrons. The van der Waals surface area contributed by atoms with Crippen LogP contribution in [-0.4, -0.2) is 37.9 Å². The Balaban J connectivity index is 2.32. The van der Waals surface area contributed by atoms with Gasteiger partial charge in [0.2, 0.25) is 5.82 Å². The number of aromatic carboxylic acids is 1. The van der Waals surface area contributed by atoms with Gasteiger partial charge in [0.1, 0.15) is 5.82 Å². The largest absolute Gasteiger partial charge is 0.475 e. The van der Waals surface area contributed by atoms with E-state index in [4.69, 9.17) is 5.11 Å². The van der Waals surface area contributed by atoms with E-state index in [1.807, 2.05) is 0 Å². The summed E-state index contributed by atoms with van der Waals surface area (Å²) < 4.78 is 64.1. The molecule has 0 radical (unpaired) electrons. The zero-order valence-electron chi connectivity index (χ0n) is 9.29. The molecule has 1 aromatic rings. The SMILES string of the molecule is O=C(O)c1nnc2n1CC(C(F)(F)C(F)(F)F)CC2. The highest BCUT2D eigenvalue weighted by Gasteiger charge is 2.62. The fraction of sp³-hybridized carbons (Fsp3) is 0.667. The monoisotopic (exact) mass is 285 g/mol. The third kappa shape index (κ3) is 2.15. The van der Waals surface area contributed by atoms with Gasteiger partial charge < -0.3 is 9.67 Å². The van der Waals surface area contributed by atoms with Crippen LogP contribution in [0, 0.1) is 5.92 Å². The molecular formula is C9H8F5N3O2. The van der Waals surface area contributed by atoms with Crippen molar-refractivity contribution in [3.63, 3.8) is 0 Å². The van der Waals surface area contributed by atoms with Crippen molar-refractivity contribution in [1.82, 2.24) is 14.8 Å². The molecule has 0 aliphatic carbocycles. The van der Waals surface area contributed by atoms with Crippen molar-refractivity contribution >= 4 is 5.97 Å². The van der Waals surface area contributed by atoms with Gasteiger partial charge in [-0.05, 0) is 6.42 Å². The maximum Gasteiger partial charge on any atom is 0.453 e. The second kappa shape index (κ2) is 4.14. The quantitative estimate of drug-likeness (QED) is 0.840. The van der Waals surface area contributed by atoms with E-state index in [1.54, 1.807) is 0 Å². The van der Waals surface area contributed by atoms with Gasteiger partial charge in [-0.3, -0.25) is 0 Å². The van der Waals surface area contributed by atoms with Gasteiger partial charge >= 0.3 is 18.1 Å². The molecule has 1 N–H and O–H groups in total. The van der Waals surface area contributed by atoms with Gasteiger partial charge in [0, 0.05) is 13.0 Å². The van der Waals surface area contributed by atoms with Crippen molar-refractivity contribution in [1.29, 1.82) is 0 Å². The number of nitrogens with zero attached hydrogens (tertiary/aromatic N) is 3. The summed E-state index contributed by atoms with van der Waals surface area (Å²) >= 11 is 0. The van der Waals surface area contributed by atoms with Crippen molar-refractivity contribution in [2.24, 2.45) is 5.92 Å². The van der Waals surface area contributed by atoms with Crippen molar-refractivity contribution in [3.05, 3.63) is 11.6 Å². The van der Waals surface area contributed by atoms with Crippen LogP contribution in [0.2, 0.25) is 0 Å². The molecule has 0 amide bonds. The molecule has 10 heteroatoms. The fourth-order valence-electron chi connectivity index (χ4n) is 2.01. The van der Waals surface area contributed by atoms with E-state index in [0.29, 0.717) is 0 Å². The minimum absolute atomic E-state index is 0.103. The van der Waals surface area contributed by atoms with E-state index in [1.165, 1.54) is 0 Å². The lowest BCUT2D eigenvalue weighted by Crippen LogP contribution is -2.47. The summed E-state index contributed by atoms with van der Waals surface area (Å²) in [5.74, 6) is -8.93. The summed E-state index contributed by atoms with van der Waals surface area (Å²) in [6.07, 6.45) is -6.26. The van der Waals surface area contributed by atoms with Crippen LogP contribution in [0.25, 0.3) is 0 Å². The van der Waals surface area contributed by atoms with Crippen molar-refractivity contribution < 1.29 is 31.9 Å². The molecule has 0 fully saturated rings. The number of carbonyl (C=O) groups is 1. The molecule has 5 nitrogen and oxygen atoms in total. The fourth-order valence-corrected chi connectivity index (χ4v) is 2.01. The number of alkyl halides is 5. The van der Waals surface area contributed by atoms with Gasteiger partial charge in [-0.15, -0.1) is 10.2 Å². The number of aryl methyl sites for hydroxylation is 1. The standard InChI is InChI=1S/C9H8F5N3O2/c10-8(11,9(12,13)14)4-1-2-5-15-16-6(7(18)19)17(5)3-4/h4H,1-3H2,(H,18,19). The third-order valence-electron chi connectivity index (χ3n) is 3.03. The summed E-state index contributed by atoms with van der Waals surface area (Å²) in [6.45, 7) is -0.767. The summed E-state index contributed by atoms with van der Waals surface area (Å²) in [7, 11) is 0. The number of halogens is 5. The summed E-state index contributed by atoms with van der Waals surface area (Å²) in [5.41, 5.74) is 0. The van der Waals surface area contributed by atoms with Crippen molar-refractivity contribution in [2.75, 3.05) is 0 Å². The van der Waals surface area contributed by atoms with E-state index in [0.717, 1.165) is 4.57 Å². The van der Waals surface area contributed by atoms with E-state index in [2.05, 4.69) is 10.2 Å². The Morgan fingerprint density at radius 3 is 2.42 bits per heavy atom. The molecule has 1 atom stereocenters. The van der Waals surface area contributed by atoms with Crippen LogP contribution in [0.3, 0.4) is 0 Å². The van der Waals surface area contributed by atoms with Gasteiger partial charge in [-0.25, -0.2) is 4.79 Å². The zero-order valence-corrected chi connectivity index (χ0v) is 9.29. The van der Waals surface area contributed by atoms with Gasteiger partial charge in [0.15, 0.2) is 0 Å². The van der Waals surface area contributed by atoms with Crippen LogP contribution >= 0.6 is 0 Å². The van der Waals surface area contributed by atoms with Crippen LogP contribution in [0.4, 0.5) is 22.0 Å². The topological polar surface area (TPSA) is 68.0 Å². The minimum atomic E-state index is -5.66. The van der Waals surface area contributed by atoms with Crippen molar-refractivity contribution in [2.45, 2.75) is 31.5 Å². The smallest absolute Gasteiger partial charge is 0.453 e. The van der Waals surface area contributed by atoms with Crippen LogP contribution < -0.4 is 0 Å². The van der Waals surface area contributed by atoms with E-state index < -0.39 is 42.8 Å². The molecule has 1 unspecified atom stereocenters. The molecule has 2 rings (SSSR count). The minimum Gasteiger partial charge on any atom is -0.475 e. The first-order valence-electron chi connectivity index (χ1n) is 5.24. The Morgan fingerprint density at radius 2 is 1.89 bits per heavy atom. The number of hydrogen-bond acceptors (Lipinski definition) is 3. The Labute approximate surface area is 103 Å². The average molecular weight is 285 g/mol. The Morgan fingerprint density at radius 1 is 1.26 bits per heavy atom. The summed E-state index contributed by atoms with van der Waals surface area (Å²) in [6, 6.07) is 0. The molecule has 1 aliphatic rings. The molecule has 0 bridgehead atoms. The lowest BCUT2D eigenvalue weighted by Gasteiger charge is -2.31. The van der Waals surface area contributed by atoms with E-state index >= 15 is 0 Å². The number of carboxylic acid groups (broad SMARTS) is 1. The van der Waals surface area contributed by atoms with Gasteiger partial charge in [0.05, 0.1) is 5.92 Å². The highest BCUT2D eigenvalue weighted by molar-refractivity contribution is 5.83. The van der Waals surface area contributed by atoms with Crippen LogP contribution in [0.15, 0.2) is 0 Å². The molecule has 0 saturated heterocycles. The maximum atomic E-state index is 13.2. The molecule has 1 aliphatic heterocycles. The average Bonchev–Trinajstić information content (AvgIpc) is 2.69. The molecule has 19 heavy (non-hydrogen) atoms. The Kier molecular flexibility index (Phi) is 2.98. The van der Waals surface area contributed by atoms with E-state index in [-0.39, 0.29) is 12.2 Å². The van der Waals surface area contributed by atoms with Gasteiger partial charge in [-0.1, -0.05) is 0 Å².